The normalized spacial score (nSPS) is 10.9. The van der Waals surface area contributed by atoms with Crippen molar-refractivity contribution in [1.29, 1.82) is 0 Å². The molecule has 0 heterocycles. The van der Waals surface area contributed by atoms with Crippen molar-refractivity contribution in [3.05, 3.63) is 28.2 Å². The largest absolute Gasteiger partial charge is 0.321 e. The Morgan fingerprint density at radius 2 is 1.95 bits per heavy atom. The molecule has 0 atom stereocenters. The smallest absolute Gasteiger partial charge is 0.290 e. The monoisotopic (exact) mass is 342 g/mol. The highest BCUT2D eigenvalue weighted by Crippen LogP contribution is 2.27. The van der Waals surface area contributed by atoms with Crippen LogP contribution in [0.5, 0.6) is 0 Å². The maximum atomic E-state index is 11.1. The highest BCUT2D eigenvalue weighted by atomic mass is 35.5. The molecule has 0 aliphatic heterocycles. The van der Waals surface area contributed by atoms with Gasteiger partial charge in [0.25, 0.3) is 0 Å². The van der Waals surface area contributed by atoms with E-state index in [-0.39, 0.29) is 12.4 Å². The third-order valence-electron chi connectivity index (χ3n) is 2.29. The zero-order chi connectivity index (χ0) is 13.7. The van der Waals surface area contributed by atoms with Crippen LogP contribution in [0.1, 0.15) is 19.8 Å². The Morgan fingerprint density at radius 3 is 2.42 bits per heavy atom. The topological polar surface area (TPSA) is 32.7 Å². The minimum Gasteiger partial charge on any atom is -0.290 e. The fourth-order valence-electron chi connectivity index (χ4n) is 1.33. The van der Waals surface area contributed by atoms with Crippen molar-refractivity contribution in [2.45, 2.75) is 19.8 Å². The van der Waals surface area contributed by atoms with Crippen molar-refractivity contribution in [1.82, 2.24) is 4.90 Å². The number of amides is 1. The van der Waals surface area contributed by atoms with Crippen LogP contribution in [-0.2, 0) is 0 Å². The SMILES string of the molecule is CCCC(=Nc1ccc(Cl)c(Cl)c1)N(C)C(=O)Cl.Cl. The first-order valence-electron chi connectivity index (χ1n) is 5.41. The molecule has 0 spiro atoms. The van der Waals surface area contributed by atoms with Gasteiger partial charge in [0.15, 0.2) is 0 Å². The first-order valence-corrected chi connectivity index (χ1v) is 6.55. The van der Waals surface area contributed by atoms with Crippen LogP contribution in [0, 0.1) is 0 Å². The van der Waals surface area contributed by atoms with Crippen LogP contribution in [0.25, 0.3) is 0 Å². The first-order chi connectivity index (χ1) is 8.45. The van der Waals surface area contributed by atoms with E-state index in [9.17, 15) is 4.79 Å². The predicted molar refractivity (Wildman–Crippen MR) is 84.7 cm³/mol. The molecule has 0 unspecified atom stereocenters. The second-order valence-electron chi connectivity index (χ2n) is 3.69. The molecule has 106 valence electrons. The number of hydrogen-bond acceptors (Lipinski definition) is 2. The molecule has 0 saturated heterocycles. The minimum absolute atomic E-state index is 0. The van der Waals surface area contributed by atoms with Gasteiger partial charge in [-0.2, -0.15) is 0 Å². The zero-order valence-corrected chi connectivity index (χ0v) is 13.6. The molecule has 0 N–H and O–H groups in total. The molecule has 7 heteroatoms. The van der Waals surface area contributed by atoms with Crippen LogP contribution in [0.4, 0.5) is 10.5 Å². The number of hydrogen-bond donors (Lipinski definition) is 0. The lowest BCUT2D eigenvalue weighted by atomic mass is 10.3. The van der Waals surface area contributed by atoms with Crippen molar-refractivity contribution in [2.24, 2.45) is 4.99 Å². The van der Waals surface area contributed by atoms with Crippen LogP contribution in [0.3, 0.4) is 0 Å². The molecule has 0 fully saturated rings. The number of carbonyl (C=O) groups is 1. The Morgan fingerprint density at radius 1 is 1.32 bits per heavy atom. The third-order valence-corrected chi connectivity index (χ3v) is 3.28. The summed E-state index contributed by atoms with van der Waals surface area (Å²) in [5, 5.41) is 0.324. The Kier molecular flexibility index (Phi) is 8.42. The summed E-state index contributed by atoms with van der Waals surface area (Å²) in [7, 11) is 1.58. The van der Waals surface area contributed by atoms with E-state index in [0.29, 0.717) is 28.0 Å². The number of benzene rings is 1. The molecule has 0 aliphatic rings. The quantitative estimate of drug-likeness (QED) is 0.307. The second kappa shape index (κ2) is 8.64. The maximum Gasteiger partial charge on any atom is 0.321 e. The van der Waals surface area contributed by atoms with E-state index in [1.807, 2.05) is 6.92 Å². The van der Waals surface area contributed by atoms with Gasteiger partial charge in [-0.25, -0.2) is 4.99 Å². The van der Waals surface area contributed by atoms with Crippen molar-refractivity contribution < 1.29 is 4.79 Å². The van der Waals surface area contributed by atoms with Crippen LogP contribution < -0.4 is 0 Å². The molecule has 0 saturated carbocycles. The van der Waals surface area contributed by atoms with Gasteiger partial charge in [0.2, 0.25) is 0 Å². The van der Waals surface area contributed by atoms with Gasteiger partial charge < -0.3 is 0 Å². The Hall–Kier alpha value is -0.480. The number of carbonyl (C=O) groups excluding carboxylic acids is 1. The summed E-state index contributed by atoms with van der Waals surface area (Å²) in [6.45, 7) is 2.00. The Balaban J connectivity index is 0.00000324. The van der Waals surface area contributed by atoms with Crippen LogP contribution in [-0.4, -0.2) is 23.1 Å². The van der Waals surface area contributed by atoms with E-state index in [0.717, 1.165) is 6.42 Å². The standard InChI is InChI=1S/C12H13Cl3N2O.ClH/c1-3-4-11(17(2)12(15)18)16-8-5-6-9(13)10(14)7-8;/h5-7H,3-4H2,1-2H3;1H. The van der Waals surface area contributed by atoms with Gasteiger partial charge in [-0.3, -0.25) is 9.69 Å². The van der Waals surface area contributed by atoms with E-state index in [1.54, 1.807) is 25.2 Å². The lowest BCUT2D eigenvalue weighted by molar-refractivity contribution is 0.247. The summed E-state index contributed by atoms with van der Waals surface area (Å²) >= 11 is 17.2. The summed E-state index contributed by atoms with van der Waals surface area (Å²) in [6.07, 6.45) is 1.50. The average Bonchev–Trinajstić information content (AvgIpc) is 2.32. The highest BCUT2D eigenvalue weighted by molar-refractivity contribution is 6.64. The van der Waals surface area contributed by atoms with Gasteiger partial charge in [-0.1, -0.05) is 30.1 Å². The number of amidine groups is 1. The molecule has 1 aromatic carbocycles. The maximum absolute atomic E-state index is 11.1. The fraction of sp³-hybridized carbons (Fsp3) is 0.333. The molecule has 1 amide bonds. The van der Waals surface area contributed by atoms with Crippen molar-refractivity contribution in [2.75, 3.05) is 7.05 Å². The minimum atomic E-state index is -0.567. The van der Waals surface area contributed by atoms with Gasteiger partial charge in [-0.15, -0.1) is 12.4 Å². The summed E-state index contributed by atoms with van der Waals surface area (Å²) in [6, 6.07) is 5.04. The summed E-state index contributed by atoms with van der Waals surface area (Å²) in [4.78, 5) is 16.8. The lowest BCUT2D eigenvalue weighted by Crippen LogP contribution is -2.28. The van der Waals surface area contributed by atoms with Crippen LogP contribution in [0.15, 0.2) is 23.2 Å². The van der Waals surface area contributed by atoms with Crippen molar-refractivity contribution >= 4 is 64.1 Å². The second-order valence-corrected chi connectivity index (χ2v) is 4.83. The highest BCUT2D eigenvalue weighted by Gasteiger charge is 2.12. The molecule has 0 aliphatic carbocycles. The molecule has 19 heavy (non-hydrogen) atoms. The first kappa shape index (κ1) is 18.5. The Labute approximate surface area is 134 Å². The van der Waals surface area contributed by atoms with Gasteiger partial charge in [-0.05, 0) is 36.2 Å². The van der Waals surface area contributed by atoms with E-state index in [4.69, 9.17) is 34.8 Å². The van der Waals surface area contributed by atoms with Gasteiger partial charge in [0.05, 0.1) is 15.7 Å². The predicted octanol–water partition coefficient (Wildman–Crippen LogP) is 5.54. The summed E-state index contributed by atoms with van der Waals surface area (Å²) in [5.74, 6) is 0.593. The van der Waals surface area contributed by atoms with Crippen molar-refractivity contribution in [3.8, 4) is 0 Å². The summed E-state index contributed by atoms with van der Waals surface area (Å²) < 4.78 is 0. The molecule has 0 aromatic heterocycles. The number of aliphatic imine (C=N–C) groups is 1. The molecule has 1 rings (SSSR count). The lowest BCUT2D eigenvalue weighted by Gasteiger charge is -2.15. The number of halogens is 4. The van der Waals surface area contributed by atoms with Gasteiger partial charge in [0.1, 0.15) is 5.84 Å². The van der Waals surface area contributed by atoms with E-state index >= 15 is 0 Å². The molecule has 1 aromatic rings. The molecular formula is C12H14Cl4N2O. The fourth-order valence-corrected chi connectivity index (χ4v) is 1.72. The van der Waals surface area contributed by atoms with Gasteiger partial charge in [0, 0.05) is 13.5 Å². The Bertz CT molecular complexity index is 477. The number of rotatable bonds is 3. The van der Waals surface area contributed by atoms with E-state index in [2.05, 4.69) is 4.99 Å². The average molecular weight is 344 g/mol. The molecule has 3 nitrogen and oxygen atoms in total. The van der Waals surface area contributed by atoms with Gasteiger partial charge >= 0.3 is 5.37 Å². The number of nitrogens with zero attached hydrogens (tertiary/aromatic N) is 2. The van der Waals surface area contributed by atoms with Crippen LogP contribution in [0.2, 0.25) is 10.0 Å². The molecule has 0 bridgehead atoms. The molecule has 0 radical (unpaired) electrons. The summed E-state index contributed by atoms with van der Waals surface area (Å²) in [5.41, 5.74) is 0.637. The van der Waals surface area contributed by atoms with Crippen molar-refractivity contribution in [3.63, 3.8) is 0 Å². The van der Waals surface area contributed by atoms with E-state index < -0.39 is 5.37 Å². The van der Waals surface area contributed by atoms with E-state index in [1.165, 1.54) is 4.90 Å². The molecular weight excluding hydrogens is 330 g/mol. The zero-order valence-electron chi connectivity index (χ0n) is 10.5. The third kappa shape index (κ3) is 5.57. The van der Waals surface area contributed by atoms with Crippen LogP contribution >= 0.6 is 47.2 Å².